The number of alkyl halides is 2. The first-order chi connectivity index (χ1) is 9.93. The van der Waals surface area contributed by atoms with Crippen LogP contribution in [0, 0.1) is 0 Å². The van der Waals surface area contributed by atoms with Gasteiger partial charge >= 0.3 is 5.97 Å². The number of nitrogens with zero attached hydrogens (tertiary/aromatic N) is 2. The van der Waals surface area contributed by atoms with E-state index in [1.165, 1.54) is 10.9 Å². The van der Waals surface area contributed by atoms with Gasteiger partial charge in [0, 0.05) is 21.8 Å². The molecule has 0 N–H and O–H groups in total. The Kier molecular flexibility index (Phi) is 4.80. The fraction of sp³-hybridized carbons (Fsp3) is 0.231. The molecule has 1 aromatic carbocycles. The van der Waals surface area contributed by atoms with Gasteiger partial charge in [-0.1, -0.05) is 29.3 Å². The van der Waals surface area contributed by atoms with E-state index in [0.717, 1.165) is 7.11 Å². The van der Waals surface area contributed by atoms with Crippen molar-refractivity contribution in [2.24, 2.45) is 0 Å². The number of hydrogen-bond acceptors (Lipinski definition) is 3. The van der Waals surface area contributed by atoms with Gasteiger partial charge < -0.3 is 4.74 Å². The number of carbonyl (C=O) groups excluding carboxylic acids is 1. The molecule has 0 radical (unpaired) electrons. The first-order valence-electron chi connectivity index (χ1n) is 5.80. The Balaban J connectivity index is 2.40. The van der Waals surface area contributed by atoms with Crippen molar-refractivity contribution in [1.29, 1.82) is 0 Å². The van der Waals surface area contributed by atoms with Crippen molar-refractivity contribution in [3.63, 3.8) is 0 Å². The number of ether oxygens (including phenoxy) is 1. The summed E-state index contributed by atoms with van der Waals surface area (Å²) in [6.07, 6.45) is -1.70. The molecule has 1 aromatic heterocycles. The van der Waals surface area contributed by atoms with E-state index in [0.29, 0.717) is 15.6 Å². The normalized spacial score (nSPS) is 11.0. The van der Waals surface area contributed by atoms with E-state index in [9.17, 15) is 13.6 Å². The van der Waals surface area contributed by atoms with E-state index in [-0.39, 0.29) is 12.1 Å². The van der Waals surface area contributed by atoms with Gasteiger partial charge in [-0.3, -0.25) is 4.68 Å². The molecule has 4 nitrogen and oxygen atoms in total. The van der Waals surface area contributed by atoms with Crippen LogP contribution in [0.4, 0.5) is 8.78 Å². The highest BCUT2D eigenvalue weighted by molar-refractivity contribution is 6.35. The minimum Gasteiger partial charge on any atom is -0.465 e. The fourth-order valence-corrected chi connectivity index (χ4v) is 2.31. The van der Waals surface area contributed by atoms with Crippen LogP contribution in [0.3, 0.4) is 0 Å². The molecule has 0 fully saturated rings. The summed E-state index contributed by atoms with van der Waals surface area (Å²) in [5, 5.41) is 4.48. The van der Waals surface area contributed by atoms with Crippen molar-refractivity contribution < 1.29 is 18.3 Å². The predicted octanol–water partition coefficient (Wildman–Crippen LogP) is 3.96. The van der Waals surface area contributed by atoms with Crippen molar-refractivity contribution in [2.75, 3.05) is 7.11 Å². The summed E-state index contributed by atoms with van der Waals surface area (Å²) >= 11 is 12.0. The van der Waals surface area contributed by atoms with E-state index in [1.807, 2.05) is 0 Å². The molecule has 2 aromatic rings. The van der Waals surface area contributed by atoms with Crippen LogP contribution in [0.1, 0.15) is 28.0 Å². The molecule has 2 rings (SSSR count). The highest BCUT2D eigenvalue weighted by atomic mass is 35.5. The summed E-state index contributed by atoms with van der Waals surface area (Å²) in [6.45, 7) is 0.0647. The van der Waals surface area contributed by atoms with Crippen LogP contribution in [-0.2, 0) is 11.3 Å². The Morgan fingerprint density at radius 3 is 2.52 bits per heavy atom. The van der Waals surface area contributed by atoms with Gasteiger partial charge in [-0.15, -0.1) is 0 Å². The van der Waals surface area contributed by atoms with Crippen LogP contribution >= 0.6 is 23.2 Å². The van der Waals surface area contributed by atoms with Crippen molar-refractivity contribution >= 4 is 29.2 Å². The molecule has 0 amide bonds. The van der Waals surface area contributed by atoms with Gasteiger partial charge in [-0.05, 0) is 12.1 Å². The Hall–Kier alpha value is -1.66. The molecular weight excluding hydrogens is 325 g/mol. The van der Waals surface area contributed by atoms with Crippen molar-refractivity contribution in [3.8, 4) is 0 Å². The number of methoxy groups -OCH3 is 1. The minimum absolute atomic E-state index is 0.0647. The fourth-order valence-electron chi connectivity index (χ4n) is 1.79. The van der Waals surface area contributed by atoms with Gasteiger partial charge in [0.15, 0.2) is 0 Å². The molecule has 0 spiro atoms. The lowest BCUT2D eigenvalue weighted by Crippen LogP contribution is -2.03. The van der Waals surface area contributed by atoms with Crippen LogP contribution in [0.2, 0.25) is 10.0 Å². The summed E-state index contributed by atoms with van der Waals surface area (Å²) in [7, 11) is 1.11. The standard InChI is InChI=1S/C13H10Cl2F2N2O2/c1-21-13(20)8-6-19(18-11(8)12(16)17)5-7-9(14)3-2-4-10(7)15/h2-4,6,12H,5H2,1H3. The second kappa shape index (κ2) is 6.41. The van der Waals surface area contributed by atoms with Gasteiger partial charge in [0.25, 0.3) is 6.43 Å². The van der Waals surface area contributed by atoms with Gasteiger partial charge in [0.2, 0.25) is 0 Å². The van der Waals surface area contributed by atoms with Gasteiger partial charge in [-0.25, -0.2) is 13.6 Å². The second-order valence-electron chi connectivity index (χ2n) is 4.12. The number of aromatic nitrogens is 2. The first-order valence-corrected chi connectivity index (χ1v) is 6.56. The highest BCUT2D eigenvalue weighted by Crippen LogP contribution is 2.27. The third-order valence-corrected chi connectivity index (χ3v) is 3.49. The molecule has 0 aliphatic heterocycles. The maximum absolute atomic E-state index is 12.9. The van der Waals surface area contributed by atoms with Gasteiger partial charge in [0.1, 0.15) is 11.3 Å². The quantitative estimate of drug-likeness (QED) is 0.795. The molecule has 0 bridgehead atoms. The summed E-state index contributed by atoms with van der Waals surface area (Å²) in [6, 6.07) is 4.92. The molecule has 0 aliphatic carbocycles. The largest absolute Gasteiger partial charge is 0.465 e. The summed E-state index contributed by atoms with van der Waals surface area (Å²) in [4.78, 5) is 11.5. The Morgan fingerprint density at radius 1 is 1.38 bits per heavy atom. The summed E-state index contributed by atoms with van der Waals surface area (Å²) in [5.74, 6) is -0.873. The Morgan fingerprint density at radius 2 is 2.00 bits per heavy atom. The third-order valence-electron chi connectivity index (χ3n) is 2.78. The Labute approximate surface area is 129 Å². The maximum atomic E-state index is 12.9. The minimum atomic E-state index is -2.89. The number of carbonyl (C=O) groups is 1. The topological polar surface area (TPSA) is 44.1 Å². The molecule has 0 atom stereocenters. The molecular formula is C13H10Cl2F2N2O2. The summed E-state index contributed by atoms with van der Waals surface area (Å²) in [5.41, 5.74) is -0.388. The first kappa shape index (κ1) is 15.7. The van der Waals surface area contributed by atoms with Crippen LogP contribution in [-0.4, -0.2) is 22.9 Å². The smallest absolute Gasteiger partial charge is 0.341 e. The van der Waals surface area contributed by atoms with Crippen LogP contribution in [0.15, 0.2) is 24.4 Å². The van der Waals surface area contributed by atoms with E-state index in [4.69, 9.17) is 23.2 Å². The Bertz CT molecular complexity index is 654. The lowest BCUT2D eigenvalue weighted by molar-refractivity contribution is 0.0589. The molecule has 0 saturated carbocycles. The maximum Gasteiger partial charge on any atom is 0.341 e. The molecule has 1 heterocycles. The average molecular weight is 335 g/mol. The zero-order valence-corrected chi connectivity index (χ0v) is 12.3. The second-order valence-corrected chi connectivity index (χ2v) is 4.93. The average Bonchev–Trinajstić information content (AvgIpc) is 2.86. The molecule has 8 heteroatoms. The van der Waals surface area contributed by atoms with E-state index >= 15 is 0 Å². The zero-order valence-electron chi connectivity index (χ0n) is 10.8. The molecule has 21 heavy (non-hydrogen) atoms. The van der Waals surface area contributed by atoms with Crippen molar-refractivity contribution in [1.82, 2.24) is 9.78 Å². The highest BCUT2D eigenvalue weighted by Gasteiger charge is 2.24. The lowest BCUT2D eigenvalue weighted by Gasteiger charge is -2.06. The number of benzene rings is 1. The molecule has 112 valence electrons. The van der Waals surface area contributed by atoms with Gasteiger partial charge in [-0.2, -0.15) is 5.10 Å². The van der Waals surface area contributed by atoms with Crippen molar-refractivity contribution in [2.45, 2.75) is 13.0 Å². The van der Waals surface area contributed by atoms with Crippen LogP contribution in [0.25, 0.3) is 0 Å². The number of rotatable bonds is 4. The van der Waals surface area contributed by atoms with E-state index < -0.39 is 18.1 Å². The lowest BCUT2D eigenvalue weighted by atomic mass is 10.2. The number of halogens is 4. The molecule has 0 aliphatic rings. The predicted molar refractivity (Wildman–Crippen MR) is 74.1 cm³/mol. The number of hydrogen-bond donors (Lipinski definition) is 0. The van der Waals surface area contributed by atoms with Crippen molar-refractivity contribution in [3.05, 3.63) is 51.3 Å². The van der Waals surface area contributed by atoms with E-state index in [1.54, 1.807) is 18.2 Å². The number of esters is 1. The van der Waals surface area contributed by atoms with Crippen LogP contribution < -0.4 is 0 Å². The van der Waals surface area contributed by atoms with Crippen LogP contribution in [0.5, 0.6) is 0 Å². The zero-order chi connectivity index (χ0) is 15.6. The van der Waals surface area contributed by atoms with E-state index in [2.05, 4.69) is 9.84 Å². The molecule has 0 unspecified atom stereocenters. The molecule has 0 saturated heterocycles. The SMILES string of the molecule is COC(=O)c1cn(Cc2c(Cl)cccc2Cl)nc1C(F)F. The third kappa shape index (κ3) is 3.33. The summed E-state index contributed by atoms with van der Waals surface area (Å²) < 4.78 is 31.4. The van der Waals surface area contributed by atoms with Gasteiger partial charge in [0.05, 0.1) is 13.7 Å². The monoisotopic (exact) mass is 334 g/mol.